The first-order valence-corrected chi connectivity index (χ1v) is 6.85. The summed E-state index contributed by atoms with van der Waals surface area (Å²) in [6.45, 7) is 0.660. The molecule has 2 rings (SSSR count). The van der Waals surface area contributed by atoms with Crippen molar-refractivity contribution in [3.8, 4) is 5.75 Å². The molecule has 0 amide bonds. The molecule has 0 aromatic heterocycles. The second kappa shape index (κ2) is 5.91. The molecule has 18 heavy (non-hydrogen) atoms. The first-order chi connectivity index (χ1) is 8.64. The SMILES string of the molecule is NCc1c(Cl)cccc1OCC1(O)CCCCC1. The van der Waals surface area contributed by atoms with Gasteiger partial charge in [0.05, 0.1) is 5.60 Å². The molecule has 1 fully saturated rings. The van der Waals surface area contributed by atoms with Gasteiger partial charge in [-0.2, -0.15) is 0 Å². The van der Waals surface area contributed by atoms with Crippen LogP contribution in [-0.2, 0) is 6.54 Å². The Bertz CT molecular complexity index is 403. The third kappa shape index (κ3) is 3.16. The monoisotopic (exact) mass is 269 g/mol. The minimum atomic E-state index is -0.688. The van der Waals surface area contributed by atoms with Crippen molar-refractivity contribution in [2.75, 3.05) is 6.61 Å². The molecule has 0 aliphatic heterocycles. The van der Waals surface area contributed by atoms with Crippen LogP contribution < -0.4 is 10.5 Å². The lowest BCUT2D eigenvalue weighted by atomic mass is 9.85. The van der Waals surface area contributed by atoms with E-state index in [1.807, 2.05) is 12.1 Å². The van der Waals surface area contributed by atoms with E-state index in [1.54, 1.807) is 6.07 Å². The van der Waals surface area contributed by atoms with Crippen LogP contribution in [0.5, 0.6) is 5.75 Å². The summed E-state index contributed by atoms with van der Waals surface area (Å²) >= 11 is 6.06. The number of halogens is 1. The Kier molecular flexibility index (Phi) is 4.49. The van der Waals surface area contributed by atoms with Crippen LogP contribution in [-0.4, -0.2) is 17.3 Å². The molecule has 0 atom stereocenters. The zero-order valence-corrected chi connectivity index (χ0v) is 11.2. The molecule has 1 saturated carbocycles. The Hall–Kier alpha value is -0.770. The first-order valence-electron chi connectivity index (χ1n) is 6.47. The molecule has 3 N–H and O–H groups in total. The summed E-state index contributed by atoms with van der Waals surface area (Å²) in [5, 5.41) is 11.0. The molecule has 1 aliphatic rings. The molecular formula is C14H20ClNO2. The van der Waals surface area contributed by atoms with Gasteiger partial charge in [-0.25, -0.2) is 0 Å². The summed E-state index contributed by atoms with van der Waals surface area (Å²) in [6.07, 6.45) is 4.96. The summed E-state index contributed by atoms with van der Waals surface area (Å²) in [4.78, 5) is 0. The maximum absolute atomic E-state index is 10.4. The molecular weight excluding hydrogens is 250 g/mol. The van der Waals surface area contributed by atoms with Gasteiger partial charge in [0.25, 0.3) is 0 Å². The molecule has 1 aromatic carbocycles. The van der Waals surface area contributed by atoms with Gasteiger partial charge in [0.1, 0.15) is 12.4 Å². The van der Waals surface area contributed by atoms with E-state index in [2.05, 4.69) is 0 Å². The summed E-state index contributed by atoms with van der Waals surface area (Å²) in [6, 6.07) is 5.48. The van der Waals surface area contributed by atoms with Gasteiger partial charge in [-0.05, 0) is 25.0 Å². The van der Waals surface area contributed by atoms with Crippen LogP contribution in [0.3, 0.4) is 0 Å². The van der Waals surface area contributed by atoms with Gasteiger partial charge >= 0.3 is 0 Å². The van der Waals surface area contributed by atoms with Crippen LogP contribution in [0.1, 0.15) is 37.7 Å². The fourth-order valence-electron chi connectivity index (χ4n) is 2.44. The van der Waals surface area contributed by atoms with Gasteiger partial charge in [-0.15, -0.1) is 0 Å². The van der Waals surface area contributed by atoms with Gasteiger partial charge in [-0.1, -0.05) is 36.9 Å². The molecule has 0 saturated heterocycles. The van der Waals surface area contributed by atoms with Gasteiger partial charge < -0.3 is 15.6 Å². The molecule has 0 unspecified atom stereocenters. The standard InChI is InChI=1S/C14H20ClNO2/c15-12-5-4-6-13(11(12)9-16)18-10-14(17)7-2-1-3-8-14/h4-6,17H,1-3,7-10,16H2. The third-order valence-corrected chi connectivity index (χ3v) is 3.91. The summed E-state index contributed by atoms with van der Waals surface area (Å²) < 4.78 is 5.74. The fraction of sp³-hybridized carbons (Fsp3) is 0.571. The number of nitrogens with two attached hydrogens (primary N) is 1. The number of aliphatic hydroxyl groups is 1. The van der Waals surface area contributed by atoms with Gasteiger partial charge in [0, 0.05) is 17.1 Å². The highest BCUT2D eigenvalue weighted by atomic mass is 35.5. The fourth-order valence-corrected chi connectivity index (χ4v) is 2.68. The molecule has 0 radical (unpaired) electrons. The van der Waals surface area contributed by atoms with Gasteiger partial charge in [0.2, 0.25) is 0 Å². The zero-order valence-electron chi connectivity index (χ0n) is 10.5. The van der Waals surface area contributed by atoms with E-state index in [4.69, 9.17) is 22.1 Å². The minimum Gasteiger partial charge on any atom is -0.490 e. The average molecular weight is 270 g/mol. The van der Waals surface area contributed by atoms with E-state index in [0.717, 1.165) is 31.2 Å². The van der Waals surface area contributed by atoms with Crippen molar-refractivity contribution in [1.29, 1.82) is 0 Å². The van der Waals surface area contributed by atoms with Crippen LogP contribution in [0.2, 0.25) is 5.02 Å². The van der Waals surface area contributed by atoms with Gasteiger partial charge in [0.15, 0.2) is 0 Å². The van der Waals surface area contributed by atoms with Crippen molar-refractivity contribution in [2.45, 2.75) is 44.2 Å². The molecule has 0 bridgehead atoms. The van der Waals surface area contributed by atoms with Crippen LogP contribution >= 0.6 is 11.6 Å². The second-order valence-electron chi connectivity index (χ2n) is 4.99. The van der Waals surface area contributed by atoms with E-state index in [9.17, 15) is 5.11 Å². The maximum atomic E-state index is 10.4. The Morgan fingerprint density at radius 1 is 1.28 bits per heavy atom. The smallest absolute Gasteiger partial charge is 0.125 e. The highest BCUT2D eigenvalue weighted by Crippen LogP contribution is 2.31. The number of rotatable bonds is 4. The Morgan fingerprint density at radius 2 is 2.00 bits per heavy atom. The van der Waals surface area contributed by atoms with E-state index in [1.165, 1.54) is 6.42 Å². The Balaban J connectivity index is 2.03. The Labute approximate surface area is 113 Å². The van der Waals surface area contributed by atoms with Crippen LogP contribution in [0.15, 0.2) is 18.2 Å². The lowest BCUT2D eigenvalue weighted by Crippen LogP contribution is -2.38. The highest BCUT2D eigenvalue weighted by molar-refractivity contribution is 6.31. The second-order valence-corrected chi connectivity index (χ2v) is 5.40. The van der Waals surface area contributed by atoms with Crippen molar-refractivity contribution in [2.24, 2.45) is 5.73 Å². The number of benzene rings is 1. The highest BCUT2D eigenvalue weighted by Gasteiger charge is 2.30. The summed E-state index contributed by atoms with van der Waals surface area (Å²) in [7, 11) is 0. The molecule has 1 aliphatic carbocycles. The van der Waals surface area contributed by atoms with Crippen LogP contribution in [0.4, 0.5) is 0 Å². The van der Waals surface area contributed by atoms with Crippen molar-refractivity contribution in [3.63, 3.8) is 0 Å². The molecule has 4 heteroatoms. The number of hydrogen-bond donors (Lipinski definition) is 2. The molecule has 1 aromatic rings. The Morgan fingerprint density at radius 3 is 2.67 bits per heavy atom. The van der Waals surface area contributed by atoms with E-state index in [0.29, 0.717) is 23.9 Å². The first kappa shape index (κ1) is 13.7. The molecule has 3 nitrogen and oxygen atoms in total. The minimum absolute atomic E-state index is 0.320. The number of hydrogen-bond acceptors (Lipinski definition) is 3. The van der Waals surface area contributed by atoms with Crippen LogP contribution in [0.25, 0.3) is 0 Å². The van der Waals surface area contributed by atoms with E-state index >= 15 is 0 Å². The molecule has 0 spiro atoms. The summed E-state index contributed by atoms with van der Waals surface area (Å²) in [5.74, 6) is 0.684. The van der Waals surface area contributed by atoms with Crippen molar-refractivity contribution in [3.05, 3.63) is 28.8 Å². The topological polar surface area (TPSA) is 55.5 Å². The summed E-state index contributed by atoms with van der Waals surface area (Å²) in [5.41, 5.74) is 5.78. The largest absolute Gasteiger partial charge is 0.490 e. The number of ether oxygens (including phenoxy) is 1. The van der Waals surface area contributed by atoms with Crippen molar-refractivity contribution >= 4 is 11.6 Å². The predicted octanol–water partition coefficient (Wildman–Crippen LogP) is 2.87. The predicted molar refractivity (Wildman–Crippen MR) is 72.9 cm³/mol. The van der Waals surface area contributed by atoms with E-state index < -0.39 is 5.60 Å². The van der Waals surface area contributed by atoms with Gasteiger partial charge in [-0.3, -0.25) is 0 Å². The van der Waals surface area contributed by atoms with Crippen molar-refractivity contribution in [1.82, 2.24) is 0 Å². The van der Waals surface area contributed by atoms with Crippen molar-refractivity contribution < 1.29 is 9.84 Å². The normalized spacial score (nSPS) is 18.6. The lowest BCUT2D eigenvalue weighted by Gasteiger charge is -2.32. The third-order valence-electron chi connectivity index (χ3n) is 3.56. The van der Waals surface area contributed by atoms with E-state index in [-0.39, 0.29) is 0 Å². The quantitative estimate of drug-likeness (QED) is 0.884. The molecule has 0 heterocycles. The maximum Gasteiger partial charge on any atom is 0.125 e. The average Bonchev–Trinajstić information content (AvgIpc) is 2.37. The zero-order chi connectivity index (χ0) is 13.0. The van der Waals surface area contributed by atoms with Crippen LogP contribution in [0, 0.1) is 0 Å². The molecule has 100 valence electrons. The lowest BCUT2D eigenvalue weighted by molar-refractivity contribution is -0.0341.